The molecule has 0 aliphatic heterocycles. The first kappa shape index (κ1) is 50.0. The Morgan fingerprint density at radius 3 is 1.34 bits per heavy atom. The van der Waals surface area contributed by atoms with Gasteiger partial charge in [0, 0.05) is 63.1 Å². The average Bonchev–Trinajstić information content (AvgIpc) is 3.86. The molecule has 5 rings (SSSR count). The molecule has 282 valence electrons. The molecule has 12 nitrogen and oxygen atoms in total. The predicted octanol–water partition coefficient (Wildman–Crippen LogP) is 9.31. The first-order valence-electron chi connectivity index (χ1n) is 17.5. The Labute approximate surface area is 304 Å². The van der Waals surface area contributed by atoms with Crippen LogP contribution in [0, 0.1) is 0 Å². The minimum absolute atomic E-state index is 0. The van der Waals surface area contributed by atoms with E-state index in [2.05, 4.69) is 107 Å². The molecule has 0 saturated carbocycles. The number of hydrogen-bond acceptors (Lipinski definition) is 9. The molecular formula is C38H70N12. The molecule has 0 N–H and O–H groups in total. The first-order valence-corrected chi connectivity index (χ1v) is 17.5. The molecule has 0 spiro atoms. The Balaban J connectivity index is -0.000000535. The second kappa shape index (κ2) is 29.6. The Bertz CT molecular complexity index is 1270. The Morgan fingerprint density at radius 2 is 1.10 bits per heavy atom. The third kappa shape index (κ3) is 23.1. The fourth-order valence-electron chi connectivity index (χ4n) is 3.23. The summed E-state index contributed by atoms with van der Waals surface area (Å²) in [5.41, 5.74) is 3.52. The highest BCUT2D eigenvalue weighted by Crippen LogP contribution is 2.11. The van der Waals surface area contributed by atoms with E-state index in [1.165, 1.54) is 10.4 Å². The van der Waals surface area contributed by atoms with Crippen LogP contribution in [0.3, 0.4) is 0 Å². The van der Waals surface area contributed by atoms with Gasteiger partial charge in [0.1, 0.15) is 5.82 Å². The highest BCUT2D eigenvalue weighted by Gasteiger charge is 2.03. The van der Waals surface area contributed by atoms with E-state index in [4.69, 9.17) is 0 Å². The predicted molar refractivity (Wildman–Crippen MR) is 209 cm³/mol. The summed E-state index contributed by atoms with van der Waals surface area (Å²) < 4.78 is 3.55. The number of nitrogens with zero attached hydrogens (tertiary/aromatic N) is 12. The number of tetrazole rings is 1. The van der Waals surface area contributed by atoms with Crippen LogP contribution in [-0.2, 0) is 21.1 Å². The van der Waals surface area contributed by atoms with Crippen molar-refractivity contribution >= 4 is 0 Å². The molecule has 0 fully saturated rings. The van der Waals surface area contributed by atoms with Crippen LogP contribution in [0.25, 0.3) is 0 Å². The van der Waals surface area contributed by atoms with Gasteiger partial charge < -0.3 is 0 Å². The summed E-state index contributed by atoms with van der Waals surface area (Å²) in [5.74, 6) is 4.16. The molecular weight excluding hydrogens is 625 g/mol. The SMILES string of the molecule is C.CC.CC.CC(C)c1cccnc1.CC(C)c1ccn(C)n1.CC(C)c1cn(C)nn1.CC(C)c1ncccn1.CC(C)c1nnn(C)n1. The van der Waals surface area contributed by atoms with Crippen molar-refractivity contribution in [3.05, 3.63) is 90.0 Å². The fourth-order valence-corrected chi connectivity index (χ4v) is 3.23. The van der Waals surface area contributed by atoms with Crippen LogP contribution in [-0.4, -0.2) is 59.9 Å². The van der Waals surface area contributed by atoms with Gasteiger partial charge in [-0.3, -0.25) is 14.3 Å². The largest absolute Gasteiger partial charge is 0.276 e. The van der Waals surface area contributed by atoms with Gasteiger partial charge >= 0.3 is 0 Å². The van der Waals surface area contributed by atoms with Gasteiger partial charge in [-0.15, -0.1) is 15.3 Å². The molecule has 0 saturated heterocycles. The van der Waals surface area contributed by atoms with Crippen LogP contribution in [0.15, 0.2) is 61.4 Å². The van der Waals surface area contributed by atoms with E-state index in [1.807, 2.05) is 97.1 Å². The summed E-state index contributed by atoms with van der Waals surface area (Å²) in [6.45, 7) is 29.0. The average molecular weight is 695 g/mol. The molecule has 0 unspecified atom stereocenters. The lowest BCUT2D eigenvalue weighted by atomic mass is 10.1. The van der Waals surface area contributed by atoms with Crippen LogP contribution >= 0.6 is 0 Å². The second-order valence-electron chi connectivity index (χ2n) is 12.0. The quantitative estimate of drug-likeness (QED) is 0.177. The van der Waals surface area contributed by atoms with Gasteiger partial charge in [-0.1, -0.05) is 116 Å². The molecule has 0 radical (unpaired) electrons. The Morgan fingerprint density at radius 1 is 0.540 bits per heavy atom. The van der Waals surface area contributed by atoms with Gasteiger partial charge in [-0.25, -0.2) is 9.97 Å². The second-order valence-corrected chi connectivity index (χ2v) is 12.0. The van der Waals surface area contributed by atoms with Crippen molar-refractivity contribution < 1.29 is 0 Å². The van der Waals surface area contributed by atoms with E-state index < -0.39 is 0 Å². The molecule has 0 atom stereocenters. The van der Waals surface area contributed by atoms with Gasteiger partial charge in [-0.2, -0.15) is 9.90 Å². The van der Waals surface area contributed by atoms with Gasteiger partial charge in [0.25, 0.3) is 0 Å². The summed E-state index contributed by atoms with van der Waals surface area (Å²) >= 11 is 0. The van der Waals surface area contributed by atoms with E-state index in [0.717, 1.165) is 23.0 Å². The van der Waals surface area contributed by atoms with Crippen molar-refractivity contribution in [2.24, 2.45) is 21.1 Å². The molecule has 5 aromatic rings. The Hall–Kier alpha value is -4.35. The molecule has 0 aromatic carbocycles. The monoisotopic (exact) mass is 695 g/mol. The lowest BCUT2D eigenvalue weighted by Crippen LogP contribution is -1.94. The van der Waals surface area contributed by atoms with Crippen molar-refractivity contribution in [3.8, 4) is 0 Å². The van der Waals surface area contributed by atoms with E-state index in [1.54, 1.807) is 30.3 Å². The molecule has 12 heteroatoms. The van der Waals surface area contributed by atoms with E-state index in [-0.39, 0.29) is 7.43 Å². The highest BCUT2D eigenvalue weighted by atomic mass is 15.6. The summed E-state index contributed by atoms with van der Waals surface area (Å²) in [5, 5.41) is 23.5. The van der Waals surface area contributed by atoms with Crippen molar-refractivity contribution in [2.75, 3.05) is 0 Å². The van der Waals surface area contributed by atoms with Crippen molar-refractivity contribution in [2.45, 2.75) is 134 Å². The Kier molecular flexibility index (Phi) is 29.6. The van der Waals surface area contributed by atoms with Crippen molar-refractivity contribution in [1.82, 2.24) is 59.9 Å². The highest BCUT2D eigenvalue weighted by molar-refractivity contribution is 5.12. The van der Waals surface area contributed by atoms with Gasteiger partial charge in [-0.05, 0) is 46.7 Å². The van der Waals surface area contributed by atoms with Crippen molar-refractivity contribution in [1.29, 1.82) is 0 Å². The summed E-state index contributed by atoms with van der Waals surface area (Å²) in [6, 6.07) is 7.93. The number of rotatable bonds is 5. The summed E-state index contributed by atoms with van der Waals surface area (Å²) in [7, 11) is 5.57. The van der Waals surface area contributed by atoms with Crippen LogP contribution in [0.4, 0.5) is 0 Å². The zero-order valence-electron chi connectivity index (χ0n) is 33.5. The van der Waals surface area contributed by atoms with Gasteiger partial charge in [0.05, 0.1) is 18.4 Å². The molecule has 0 bridgehead atoms. The first-order chi connectivity index (χ1) is 23.2. The summed E-state index contributed by atoms with van der Waals surface area (Å²) in [4.78, 5) is 13.6. The lowest BCUT2D eigenvalue weighted by molar-refractivity contribution is 0.625. The van der Waals surface area contributed by atoms with E-state index in [9.17, 15) is 0 Å². The number of hydrogen-bond donors (Lipinski definition) is 0. The zero-order chi connectivity index (χ0) is 37.9. The number of aryl methyl sites for hydroxylation is 3. The summed E-state index contributed by atoms with van der Waals surface area (Å²) in [6.07, 6.45) is 11.1. The van der Waals surface area contributed by atoms with Crippen LogP contribution in [0.5, 0.6) is 0 Å². The molecule has 5 heterocycles. The molecule has 5 aromatic heterocycles. The molecule has 0 aliphatic rings. The standard InChI is InChI=1S/C8H11N.C7H12N2.C7H10N2.C6H11N3.C5H10N4.2C2H6.CH4/c1-7(2)8-4-3-5-9-6-8;1-6(2)7-4-5-9(3)8-7;1-6(2)7-8-4-3-5-9-7;1-5(2)6-4-9(3)8-7-6;1-4(2)5-6-8-9(3)7-5;2*1-2;/h3-7H,1-2H3;4-6H,1-3H3;3-6H,1-2H3;4-5H,1-3H3;4H,1-3H3;2*1-2H3;1H4. The minimum Gasteiger partial charge on any atom is -0.276 e. The lowest BCUT2D eigenvalue weighted by Gasteiger charge is -2.00. The van der Waals surface area contributed by atoms with E-state index >= 15 is 0 Å². The minimum atomic E-state index is 0. The third-order valence-corrected chi connectivity index (χ3v) is 6.03. The maximum Gasteiger partial charge on any atom is 0.177 e. The normalized spacial score (nSPS) is 9.64. The fraction of sp³-hybridized carbons (Fsp3) is 0.605. The van der Waals surface area contributed by atoms with Gasteiger partial charge in [0.2, 0.25) is 0 Å². The maximum atomic E-state index is 4.23. The van der Waals surface area contributed by atoms with E-state index in [0.29, 0.717) is 29.6 Å². The topological polar surface area (TPSA) is 131 Å². The number of pyridine rings is 1. The maximum absolute atomic E-state index is 4.23. The smallest absolute Gasteiger partial charge is 0.177 e. The van der Waals surface area contributed by atoms with Crippen LogP contribution in [0.1, 0.15) is 163 Å². The number of aromatic nitrogens is 12. The van der Waals surface area contributed by atoms with Crippen LogP contribution < -0.4 is 0 Å². The van der Waals surface area contributed by atoms with Crippen molar-refractivity contribution in [3.63, 3.8) is 0 Å². The van der Waals surface area contributed by atoms with Gasteiger partial charge in [0.15, 0.2) is 5.82 Å². The molecule has 50 heavy (non-hydrogen) atoms. The molecule has 0 amide bonds. The zero-order valence-corrected chi connectivity index (χ0v) is 33.5. The van der Waals surface area contributed by atoms with Crippen LogP contribution in [0.2, 0.25) is 0 Å². The third-order valence-electron chi connectivity index (χ3n) is 6.03. The molecule has 0 aliphatic carbocycles.